The van der Waals surface area contributed by atoms with Gasteiger partial charge in [0.25, 0.3) is 0 Å². The van der Waals surface area contributed by atoms with E-state index in [-0.39, 0.29) is 22.7 Å². The van der Waals surface area contributed by atoms with Gasteiger partial charge in [0.1, 0.15) is 5.75 Å². The van der Waals surface area contributed by atoms with E-state index in [1.807, 2.05) is 45.0 Å². The molecule has 1 aromatic carbocycles. The summed E-state index contributed by atoms with van der Waals surface area (Å²) >= 11 is 3.40. The average Bonchev–Trinajstić information content (AvgIpc) is 2.37. The van der Waals surface area contributed by atoms with E-state index in [0.717, 1.165) is 11.3 Å². The van der Waals surface area contributed by atoms with Crippen molar-refractivity contribution in [2.45, 2.75) is 31.6 Å². The van der Waals surface area contributed by atoms with Gasteiger partial charge >= 0.3 is 0 Å². The lowest BCUT2D eigenvalue weighted by Gasteiger charge is -2.19. The van der Waals surface area contributed by atoms with Crippen molar-refractivity contribution in [3.05, 3.63) is 29.8 Å². The smallest absolute Gasteiger partial charge is 0.234 e. The van der Waals surface area contributed by atoms with Crippen LogP contribution in [0.1, 0.15) is 32.4 Å². The zero-order valence-electron chi connectivity index (χ0n) is 11.2. The number of rotatable bonds is 5. The zero-order valence-corrected chi connectivity index (χ0v) is 12.8. The molecule has 4 heteroatoms. The van der Waals surface area contributed by atoms with E-state index in [9.17, 15) is 4.79 Å². The number of carbonyl (C=O) groups excluding carboxylic acids is 1. The van der Waals surface area contributed by atoms with Crippen molar-refractivity contribution in [3.63, 3.8) is 0 Å². The molecule has 1 rings (SSSR count). The molecule has 0 radical (unpaired) electrons. The molecule has 0 aliphatic heterocycles. The first-order valence-electron chi connectivity index (χ1n) is 6.04. The lowest BCUT2D eigenvalue weighted by Crippen LogP contribution is -2.35. The molecule has 2 atom stereocenters. The van der Waals surface area contributed by atoms with Gasteiger partial charge in [-0.05, 0) is 30.5 Å². The van der Waals surface area contributed by atoms with Crippen LogP contribution in [-0.2, 0) is 4.79 Å². The Kier molecular flexibility index (Phi) is 5.66. The summed E-state index contributed by atoms with van der Waals surface area (Å²) in [5, 5.41) is 2.99. The summed E-state index contributed by atoms with van der Waals surface area (Å²) in [6, 6.07) is 7.70. The van der Waals surface area contributed by atoms with Crippen LogP contribution in [0.2, 0.25) is 0 Å². The highest BCUT2D eigenvalue weighted by Crippen LogP contribution is 2.19. The van der Waals surface area contributed by atoms with Crippen LogP contribution in [0.5, 0.6) is 5.75 Å². The van der Waals surface area contributed by atoms with Crippen molar-refractivity contribution in [2.24, 2.45) is 5.92 Å². The number of carbonyl (C=O) groups is 1. The summed E-state index contributed by atoms with van der Waals surface area (Å²) in [6.07, 6.45) is 0. The van der Waals surface area contributed by atoms with Gasteiger partial charge in [-0.15, -0.1) is 0 Å². The Morgan fingerprint density at radius 3 is 2.22 bits per heavy atom. The predicted octanol–water partition coefficient (Wildman–Crippen LogP) is 3.29. The zero-order chi connectivity index (χ0) is 13.7. The van der Waals surface area contributed by atoms with E-state index in [4.69, 9.17) is 4.74 Å². The normalized spacial score (nSPS) is 14.1. The Morgan fingerprint density at radius 1 is 1.22 bits per heavy atom. The van der Waals surface area contributed by atoms with Gasteiger partial charge in [0, 0.05) is 0 Å². The highest BCUT2D eigenvalue weighted by Gasteiger charge is 2.20. The number of ether oxygens (including phenoxy) is 1. The molecule has 18 heavy (non-hydrogen) atoms. The number of halogens is 1. The molecule has 1 N–H and O–H groups in total. The monoisotopic (exact) mass is 313 g/mol. The van der Waals surface area contributed by atoms with Crippen molar-refractivity contribution >= 4 is 21.8 Å². The van der Waals surface area contributed by atoms with Gasteiger partial charge in [0.2, 0.25) is 5.91 Å². The molecule has 0 aromatic heterocycles. The van der Waals surface area contributed by atoms with Gasteiger partial charge in [-0.1, -0.05) is 41.9 Å². The van der Waals surface area contributed by atoms with Crippen LogP contribution in [-0.4, -0.2) is 17.8 Å². The van der Waals surface area contributed by atoms with Crippen LogP contribution in [0.25, 0.3) is 0 Å². The standard InChI is InChI=1S/C14H20BrNO2/c1-9(2)13(15)14(17)16-10(3)11-5-7-12(18-4)8-6-11/h5-10,13H,1-4H3,(H,16,17)/t10-,13?/m0/s1. The highest BCUT2D eigenvalue weighted by atomic mass is 79.9. The van der Waals surface area contributed by atoms with E-state index in [1.165, 1.54) is 0 Å². The molecule has 0 saturated heterocycles. The molecule has 1 unspecified atom stereocenters. The van der Waals surface area contributed by atoms with Crippen LogP contribution in [0.3, 0.4) is 0 Å². The highest BCUT2D eigenvalue weighted by molar-refractivity contribution is 9.10. The van der Waals surface area contributed by atoms with Gasteiger partial charge in [-0.25, -0.2) is 0 Å². The Bertz CT molecular complexity index is 389. The largest absolute Gasteiger partial charge is 0.497 e. The fraction of sp³-hybridized carbons (Fsp3) is 0.500. The number of methoxy groups -OCH3 is 1. The quantitative estimate of drug-likeness (QED) is 0.847. The van der Waals surface area contributed by atoms with Crippen LogP contribution in [0.15, 0.2) is 24.3 Å². The first kappa shape index (κ1) is 15.0. The molecular weight excluding hydrogens is 294 g/mol. The maximum atomic E-state index is 11.9. The molecular formula is C14H20BrNO2. The molecule has 0 spiro atoms. The second-order valence-electron chi connectivity index (χ2n) is 4.65. The van der Waals surface area contributed by atoms with Crippen molar-refractivity contribution in [2.75, 3.05) is 7.11 Å². The van der Waals surface area contributed by atoms with E-state index < -0.39 is 0 Å². The van der Waals surface area contributed by atoms with E-state index in [1.54, 1.807) is 7.11 Å². The molecule has 3 nitrogen and oxygen atoms in total. The van der Waals surface area contributed by atoms with Crippen LogP contribution in [0.4, 0.5) is 0 Å². The molecule has 1 aromatic rings. The second kappa shape index (κ2) is 6.78. The molecule has 0 aliphatic carbocycles. The number of alkyl halides is 1. The predicted molar refractivity (Wildman–Crippen MR) is 77.1 cm³/mol. The van der Waals surface area contributed by atoms with Crippen LogP contribution in [0, 0.1) is 5.92 Å². The minimum Gasteiger partial charge on any atom is -0.497 e. The Balaban J connectivity index is 2.64. The number of hydrogen-bond acceptors (Lipinski definition) is 2. The minimum absolute atomic E-state index is 0.0118. The van der Waals surface area contributed by atoms with Crippen molar-refractivity contribution in [1.82, 2.24) is 5.32 Å². The van der Waals surface area contributed by atoms with Gasteiger partial charge in [0.05, 0.1) is 18.0 Å². The lowest BCUT2D eigenvalue weighted by molar-refractivity contribution is -0.121. The first-order valence-corrected chi connectivity index (χ1v) is 6.95. The van der Waals surface area contributed by atoms with E-state index in [2.05, 4.69) is 21.2 Å². The Labute approximate surface area is 117 Å². The second-order valence-corrected chi connectivity index (χ2v) is 5.64. The van der Waals surface area contributed by atoms with Gasteiger partial charge in [-0.3, -0.25) is 4.79 Å². The van der Waals surface area contributed by atoms with E-state index in [0.29, 0.717) is 0 Å². The van der Waals surface area contributed by atoms with Crippen LogP contribution >= 0.6 is 15.9 Å². The third-order valence-corrected chi connectivity index (χ3v) is 4.28. The number of hydrogen-bond donors (Lipinski definition) is 1. The lowest BCUT2D eigenvalue weighted by atomic mass is 10.1. The third kappa shape index (κ3) is 4.02. The van der Waals surface area contributed by atoms with E-state index >= 15 is 0 Å². The first-order chi connectivity index (χ1) is 8.45. The molecule has 0 bridgehead atoms. The number of amides is 1. The molecule has 0 fully saturated rings. The molecule has 1 amide bonds. The average molecular weight is 314 g/mol. The van der Waals surface area contributed by atoms with Crippen LogP contribution < -0.4 is 10.1 Å². The fourth-order valence-corrected chi connectivity index (χ4v) is 1.70. The summed E-state index contributed by atoms with van der Waals surface area (Å²) in [4.78, 5) is 11.8. The SMILES string of the molecule is COc1ccc([C@H](C)NC(=O)C(Br)C(C)C)cc1. The Morgan fingerprint density at radius 2 is 1.78 bits per heavy atom. The molecule has 0 heterocycles. The summed E-state index contributed by atoms with van der Waals surface area (Å²) in [6.45, 7) is 5.99. The summed E-state index contributed by atoms with van der Waals surface area (Å²) in [5.74, 6) is 1.11. The summed E-state index contributed by atoms with van der Waals surface area (Å²) < 4.78 is 5.10. The van der Waals surface area contributed by atoms with Gasteiger partial charge in [-0.2, -0.15) is 0 Å². The summed E-state index contributed by atoms with van der Waals surface area (Å²) in [7, 11) is 1.64. The molecule has 100 valence electrons. The van der Waals surface area contributed by atoms with Crippen molar-refractivity contribution in [1.29, 1.82) is 0 Å². The number of benzene rings is 1. The molecule has 0 aliphatic rings. The van der Waals surface area contributed by atoms with Gasteiger partial charge in [0.15, 0.2) is 0 Å². The maximum Gasteiger partial charge on any atom is 0.234 e. The number of nitrogens with one attached hydrogen (secondary N) is 1. The fourth-order valence-electron chi connectivity index (χ4n) is 1.57. The maximum absolute atomic E-state index is 11.9. The topological polar surface area (TPSA) is 38.3 Å². The third-order valence-electron chi connectivity index (χ3n) is 2.81. The Hall–Kier alpha value is -1.03. The van der Waals surface area contributed by atoms with Gasteiger partial charge < -0.3 is 10.1 Å². The van der Waals surface area contributed by atoms with Crippen molar-refractivity contribution < 1.29 is 9.53 Å². The molecule has 0 saturated carbocycles. The van der Waals surface area contributed by atoms with Crippen molar-refractivity contribution in [3.8, 4) is 5.75 Å². The minimum atomic E-state index is -0.154. The summed E-state index contributed by atoms with van der Waals surface area (Å²) in [5.41, 5.74) is 1.06.